The highest BCUT2D eigenvalue weighted by Crippen LogP contribution is 2.35. The fraction of sp³-hybridized carbons (Fsp3) is 0.346. The minimum Gasteiger partial charge on any atom is -0.490 e. The Kier molecular flexibility index (Phi) is 8.53. The summed E-state index contributed by atoms with van der Waals surface area (Å²) < 4.78 is 25.5. The van der Waals surface area contributed by atoms with Crippen molar-refractivity contribution in [2.45, 2.75) is 32.8 Å². The minimum atomic E-state index is -0.497. The summed E-state index contributed by atoms with van der Waals surface area (Å²) in [6.45, 7) is 3.14. The average molecular weight is 533 g/mol. The second-order valence-electron chi connectivity index (χ2n) is 8.34. The lowest BCUT2D eigenvalue weighted by molar-refractivity contribution is -0.136. The highest BCUT2D eigenvalue weighted by molar-refractivity contribution is 8.18. The monoisotopic (exact) mass is 532 g/mol. The van der Waals surface area contributed by atoms with Crippen LogP contribution in [-0.2, 0) is 16.2 Å². The maximum absolute atomic E-state index is 14.1. The van der Waals surface area contributed by atoms with Crippen molar-refractivity contribution in [2.24, 2.45) is 0 Å². The summed E-state index contributed by atoms with van der Waals surface area (Å²) in [5.74, 6) is -0.394. The molecule has 0 radical (unpaired) electrons. The molecule has 0 spiro atoms. The Balaban J connectivity index is 1.47. The molecule has 0 unspecified atom stereocenters. The van der Waals surface area contributed by atoms with Crippen molar-refractivity contribution in [3.05, 3.63) is 63.3 Å². The maximum Gasteiger partial charge on any atom is 0.294 e. The van der Waals surface area contributed by atoms with Crippen molar-refractivity contribution in [1.29, 1.82) is 0 Å². The molecule has 2 aliphatic rings. The first kappa shape index (κ1) is 26.0. The van der Waals surface area contributed by atoms with E-state index in [9.17, 15) is 18.8 Å². The van der Waals surface area contributed by atoms with Gasteiger partial charge in [-0.25, -0.2) is 4.39 Å². The number of nitrogens with zero attached hydrogens (tertiary/aromatic N) is 2. The number of amides is 3. The van der Waals surface area contributed by atoms with Crippen molar-refractivity contribution >= 4 is 46.5 Å². The van der Waals surface area contributed by atoms with Gasteiger partial charge in [-0.05, 0) is 73.9 Å². The summed E-state index contributed by atoms with van der Waals surface area (Å²) in [4.78, 5) is 40.8. The summed E-state index contributed by atoms with van der Waals surface area (Å²) in [5.41, 5.74) is 0.848. The normalized spacial score (nSPS) is 17.1. The first-order valence-corrected chi connectivity index (χ1v) is 12.9. The third kappa shape index (κ3) is 6.02. The molecule has 36 heavy (non-hydrogen) atoms. The number of thioether (sulfide) groups is 1. The van der Waals surface area contributed by atoms with Crippen LogP contribution >= 0.6 is 23.4 Å². The lowest BCUT2D eigenvalue weighted by atomic mass is 10.1. The number of imide groups is 1. The Hall–Kier alpha value is -3.04. The third-order valence-corrected chi connectivity index (χ3v) is 7.14. The highest BCUT2D eigenvalue weighted by Gasteiger charge is 2.37. The van der Waals surface area contributed by atoms with Crippen LogP contribution in [0.1, 0.15) is 37.3 Å². The van der Waals surface area contributed by atoms with Gasteiger partial charge in [-0.3, -0.25) is 19.3 Å². The van der Waals surface area contributed by atoms with Crippen LogP contribution in [0.3, 0.4) is 0 Å². The van der Waals surface area contributed by atoms with Crippen molar-refractivity contribution in [3.63, 3.8) is 0 Å². The molecule has 2 aromatic carbocycles. The largest absolute Gasteiger partial charge is 0.490 e. The molecule has 0 aromatic heterocycles. The zero-order valence-corrected chi connectivity index (χ0v) is 21.4. The Labute approximate surface area is 218 Å². The molecule has 2 fully saturated rings. The highest BCUT2D eigenvalue weighted by atomic mass is 35.5. The molecule has 0 atom stereocenters. The molecule has 0 bridgehead atoms. The number of carbonyl (C=O) groups is 3. The average Bonchev–Trinajstić information content (AvgIpc) is 3.12. The van der Waals surface area contributed by atoms with Crippen LogP contribution in [0, 0.1) is 5.82 Å². The van der Waals surface area contributed by atoms with E-state index in [-0.39, 0.29) is 34.6 Å². The van der Waals surface area contributed by atoms with Gasteiger partial charge in [0.2, 0.25) is 5.91 Å². The van der Waals surface area contributed by atoms with Crippen LogP contribution in [0.4, 0.5) is 9.18 Å². The smallest absolute Gasteiger partial charge is 0.294 e. The number of halogens is 2. The van der Waals surface area contributed by atoms with E-state index in [2.05, 4.69) is 0 Å². The number of piperidine rings is 1. The van der Waals surface area contributed by atoms with E-state index in [4.69, 9.17) is 21.1 Å². The lowest BCUT2D eigenvalue weighted by Gasteiger charge is -2.27. The molecule has 0 saturated carbocycles. The van der Waals surface area contributed by atoms with Gasteiger partial charge in [0, 0.05) is 18.7 Å². The third-order valence-electron chi connectivity index (χ3n) is 5.87. The number of rotatable bonds is 8. The number of benzene rings is 2. The van der Waals surface area contributed by atoms with Crippen molar-refractivity contribution in [1.82, 2.24) is 9.80 Å². The van der Waals surface area contributed by atoms with Crippen LogP contribution in [0.2, 0.25) is 5.02 Å². The van der Waals surface area contributed by atoms with E-state index in [1.54, 1.807) is 35.2 Å². The fourth-order valence-electron chi connectivity index (χ4n) is 3.99. The molecule has 2 aromatic rings. The number of hydrogen-bond acceptors (Lipinski definition) is 6. The van der Waals surface area contributed by atoms with Crippen LogP contribution < -0.4 is 9.47 Å². The van der Waals surface area contributed by atoms with E-state index in [1.165, 1.54) is 12.1 Å². The standard InChI is InChI=1S/C26H26ClFN2O5S/c1-2-34-22-13-17(9-10-21(22)35-16-18-19(27)7-6-8-20(18)28)14-23-25(32)30(26(33)36-23)15-24(31)29-11-4-3-5-12-29/h6-10,13-14H,2-5,11-12,15-16H2,1H3/b23-14-. The van der Waals surface area contributed by atoms with Crippen molar-refractivity contribution < 1.29 is 28.2 Å². The second-order valence-corrected chi connectivity index (χ2v) is 9.74. The molecule has 4 rings (SSSR count). The Morgan fingerprint density at radius 2 is 1.89 bits per heavy atom. The van der Waals surface area contributed by atoms with Gasteiger partial charge >= 0.3 is 0 Å². The van der Waals surface area contributed by atoms with Gasteiger partial charge in [0.15, 0.2) is 11.5 Å². The number of likely N-dealkylation sites (tertiary alicyclic amines) is 1. The summed E-state index contributed by atoms with van der Waals surface area (Å²) in [6.07, 6.45) is 4.53. The number of ether oxygens (including phenoxy) is 2. The van der Waals surface area contributed by atoms with Crippen LogP contribution in [0.25, 0.3) is 6.08 Å². The zero-order chi connectivity index (χ0) is 25.7. The van der Waals surface area contributed by atoms with Crippen LogP contribution in [0.5, 0.6) is 11.5 Å². The molecule has 0 aliphatic carbocycles. The maximum atomic E-state index is 14.1. The van der Waals surface area contributed by atoms with Crippen LogP contribution in [-0.4, -0.2) is 53.1 Å². The first-order chi connectivity index (χ1) is 17.4. The quantitative estimate of drug-likeness (QED) is 0.417. The fourth-order valence-corrected chi connectivity index (χ4v) is 5.04. The molecular weight excluding hydrogens is 507 g/mol. The number of carbonyl (C=O) groups excluding carboxylic acids is 3. The SMILES string of the molecule is CCOc1cc(/C=C2\SC(=O)N(CC(=O)N3CCCCC3)C2=O)ccc1OCc1c(F)cccc1Cl. The molecule has 0 N–H and O–H groups in total. The summed E-state index contributed by atoms with van der Waals surface area (Å²) in [6, 6.07) is 9.44. The van der Waals surface area contributed by atoms with Crippen LogP contribution in [0.15, 0.2) is 41.3 Å². The molecule has 3 amide bonds. The Bertz CT molecular complexity index is 1180. The lowest BCUT2D eigenvalue weighted by Crippen LogP contribution is -2.44. The van der Waals surface area contributed by atoms with Gasteiger partial charge in [-0.15, -0.1) is 0 Å². The van der Waals surface area contributed by atoms with Crippen molar-refractivity contribution in [3.8, 4) is 11.5 Å². The summed E-state index contributed by atoms with van der Waals surface area (Å²) >= 11 is 6.88. The molecular formula is C26H26ClFN2O5S. The van der Waals surface area contributed by atoms with Gasteiger partial charge in [0.05, 0.1) is 16.5 Å². The molecule has 190 valence electrons. The van der Waals surface area contributed by atoms with E-state index in [0.29, 0.717) is 36.8 Å². The molecule has 7 nitrogen and oxygen atoms in total. The first-order valence-electron chi connectivity index (χ1n) is 11.7. The van der Waals surface area contributed by atoms with E-state index >= 15 is 0 Å². The topological polar surface area (TPSA) is 76.2 Å². The van der Waals surface area contributed by atoms with Gasteiger partial charge in [0.1, 0.15) is 19.0 Å². The Morgan fingerprint density at radius 3 is 2.61 bits per heavy atom. The molecule has 2 heterocycles. The predicted molar refractivity (Wildman–Crippen MR) is 136 cm³/mol. The minimum absolute atomic E-state index is 0.0884. The van der Waals surface area contributed by atoms with Gasteiger partial charge < -0.3 is 14.4 Å². The van der Waals surface area contributed by atoms with E-state index < -0.39 is 17.0 Å². The zero-order valence-electron chi connectivity index (χ0n) is 19.8. The Morgan fingerprint density at radius 1 is 1.11 bits per heavy atom. The summed E-state index contributed by atoms with van der Waals surface area (Å²) in [5, 5.41) is -0.206. The van der Waals surface area contributed by atoms with Gasteiger partial charge in [-0.1, -0.05) is 23.7 Å². The number of hydrogen-bond donors (Lipinski definition) is 0. The van der Waals surface area contributed by atoms with Gasteiger partial charge in [0.25, 0.3) is 11.1 Å². The molecule has 2 aliphatic heterocycles. The van der Waals surface area contributed by atoms with Crippen molar-refractivity contribution in [2.75, 3.05) is 26.2 Å². The van der Waals surface area contributed by atoms with Gasteiger partial charge in [-0.2, -0.15) is 0 Å². The molecule has 2 saturated heterocycles. The summed E-state index contributed by atoms with van der Waals surface area (Å²) in [7, 11) is 0. The molecule has 10 heteroatoms. The van der Waals surface area contributed by atoms with E-state index in [0.717, 1.165) is 35.9 Å². The second kappa shape index (κ2) is 11.8. The van der Waals surface area contributed by atoms with E-state index in [1.807, 2.05) is 6.92 Å². The predicted octanol–water partition coefficient (Wildman–Crippen LogP) is 5.51.